The molecule has 1 amide bonds. The number of carbonyl (C=O) groups excluding carboxylic acids is 1. The van der Waals surface area contributed by atoms with Crippen LogP contribution in [0.1, 0.15) is 52.2 Å². The quantitative estimate of drug-likeness (QED) is 0.382. The van der Waals surface area contributed by atoms with Gasteiger partial charge in [0.1, 0.15) is 5.82 Å². The van der Waals surface area contributed by atoms with Gasteiger partial charge in [0.05, 0.1) is 28.4 Å². The minimum absolute atomic E-state index is 0.0930. The molecule has 1 aliphatic rings. The topological polar surface area (TPSA) is 74.8 Å². The summed E-state index contributed by atoms with van der Waals surface area (Å²) in [5, 5.41) is 13.8. The second-order valence-electron chi connectivity index (χ2n) is 9.74. The lowest BCUT2D eigenvalue weighted by molar-refractivity contribution is 0.0765. The monoisotopic (exact) mass is 479 g/mol. The van der Waals surface area contributed by atoms with E-state index in [0.717, 1.165) is 22.4 Å². The lowest BCUT2D eigenvalue weighted by atomic mass is 9.85. The van der Waals surface area contributed by atoms with Gasteiger partial charge in [-0.05, 0) is 54.3 Å². The standard InChI is InChI=1S/C29H26FN5O/c1-29(2,18-31)23-9-8-21(24(30)15-23)14-26-27-22(10-12-32-26)17-35(28(27)36)16-19-4-6-20(7-5-19)25-11-13-34(3)33-25/h4-13,15H,14,16-17H2,1-3H3. The van der Waals surface area contributed by atoms with E-state index in [1.807, 2.05) is 49.6 Å². The molecule has 0 fully saturated rings. The molecule has 5 rings (SSSR count). The fourth-order valence-corrected chi connectivity index (χ4v) is 4.53. The molecule has 36 heavy (non-hydrogen) atoms. The summed E-state index contributed by atoms with van der Waals surface area (Å²) in [6, 6.07) is 18.9. The van der Waals surface area contributed by atoms with Crippen LogP contribution in [-0.2, 0) is 32.0 Å². The van der Waals surface area contributed by atoms with Gasteiger partial charge in [0.15, 0.2) is 0 Å². The predicted molar refractivity (Wildman–Crippen MR) is 134 cm³/mol. The molecule has 7 heteroatoms. The Bertz CT molecular complexity index is 1500. The van der Waals surface area contributed by atoms with Crippen LogP contribution in [-0.4, -0.2) is 25.6 Å². The number of rotatable bonds is 6. The van der Waals surface area contributed by atoms with Crippen LogP contribution in [0.2, 0.25) is 0 Å². The van der Waals surface area contributed by atoms with Crippen molar-refractivity contribution in [3.63, 3.8) is 0 Å². The highest BCUT2D eigenvalue weighted by Gasteiger charge is 2.31. The van der Waals surface area contributed by atoms with Gasteiger partial charge in [-0.1, -0.05) is 36.4 Å². The van der Waals surface area contributed by atoms with Gasteiger partial charge in [-0.25, -0.2) is 4.39 Å². The molecular formula is C29H26FN5O. The number of nitriles is 1. The molecule has 0 radical (unpaired) electrons. The van der Waals surface area contributed by atoms with Crippen molar-refractivity contribution in [2.75, 3.05) is 0 Å². The van der Waals surface area contributed by atoms with Crippen LogP contribution in [0.3, 0.4) is 0 Å². The van der Waals surface area contributed by atoms with E-state index in [1.165, 1.54) is 6.07 Å². The summed E-state index contributed by atoms with van der Waals surface area (Å²) >= 11 is 0. The van der Waals surface area contributed by atoms with Crippen LogP contribution >= 0.6 is 0 Å². The van der Waals surface area contributed by atoms with Gasteiger partial charge in [0.25, 0.3) is 5.91 Å². The lowest BCUT2D eigenvalue weighted by Gasteiger charge is -2.17. The Morgan fingerprint density at radius 2 is 1.89 bits per heavy atom. The maximum absolute atomic E-state index is 14.9. The number of fused-ring (bicyclic) bond motifs is 1. The zero-order chi connectivity index (χ0) is 25.4. The van der Waals surface area contributed by atoms with Crippen LogP contribution in [0.15, 0.2) is 67.0 Å². The fourth-order valence-electron chi connectivity index (χ4n) is 4.53. The Hall–Kier alpha value is -4.31. The van der Waals surface area contributed by atoms with Crippen molar-refractivity contribution < 1.29 is 9.18 Å². The molecule has 0 bridgehead atoms. The summed E-state index contributed by atoms with van der Waals surface area (Å²) in [7, 11) is 1.89. The summed E-state index contributed by atoms with van der Waals surface area (Å²) in [6.45, 7) is 4.48. The average Bonchev–Trinajstić information content (AvgIpc) is 3.44. The third kappa shape index (κ3) is 4.38. The third-order valence-corrected chi connectivity index (χ3v) is 6.73. The molecule has 2 aromatic heterocycles. The first kappa shape index (κ1) is 23.4. The summed E-state index contributed by atoms with van der Waals surface area (Å²) in [6.07, 6.45) is 3.79. The Labute approximate surface area is 209 Å². The van der Waals surface area contributed by atoms with Gasteiger partial charge in [-0.3, -0.25) is 14.5 Å². The molecule has 4 aromatic rings. The van der Waals surface area contributed by atoms with E-state index in [1.54, 1.807) is 41.8 Å². The molecule has 0 unspecified atom stereocenters. The zero-order valence-corrected chi connectivity index (χ0v) is 20.5. The molecule has 0 spiro atoms. The highest BCUT2D eigenvalue weighted by atomic mass is 19.1. The Morgan fingerprint density at radius 1 is 1.11 bits per heavy atom. The van der Waals surface area contributed by atoms with Crippen molar-refractivity contribution in [1.82, 2.24) is 19.7 Å². The minimum atomic E-state index is -0.780. The van der Waals surface area contributed by atoms with Crippen LogP contribution in [0.25, 0.3) is 11.3 Å². The largest absolute Gasteiger partial charge is 0.330 e. The van der Waals surface area contributed by atoms with Gasteiger partial charge in [-0.2, -0.15) is 10.4 Å². The van der Waals surface area contributed by atoms with Crippen molar-refractivity contribution in [3.8, 4) is 17.3 Å². The number of hydrogen-bond donors (Lipinski definition) is 0. The number of amides is 1. The molecule has 0 N–H and O–H groups in total. The van der Waals surface area contributed by atoms with Crippen molar-refractivity contribution in [3.05, 3.63) is 106 Å². The van der Waals surface area contributed by atoms with Crippen LogP contribution in [0.5, 0.6) is 0 Å². The molecule has 0 saturated carbocycles. The second-order valence-corrected chi connectivity index (χ2v) is 9.74. The number of pyridine rings is 1. The molecule has 0 atom stereocenters. The van der Waals surface area contributed by atoms with E-state index in [-0.39, 0.29) is 12.3 Å². The molecule has 180 valence electrons. The molecule has 6 nitrogen and oxygen atoms in total. The van der Waals surface area contributed by atoms with E-state index in [9.17, 15) is 14.4 Å². The van der Waals surface area contributed by atoms with Gasteiger partial charge >= 0.3 is 0 Å². The maximum Gasteiger partial charge on any atom is 0.256 e. The number of benzene rings is 2. The van der Waals surface area contributed by atoms with E-state index >= 15 is 0 Å². The first-order chi connectivity index (χ1) is 17.2. The zero-order valence-electron chi connectivity index (χ0n) is 20.5. The molecule has 2 aromatic carbocycles. The molecule has 0 saturated heterocycles. The maximum atomic E-state index is 14.9. The fraction of sp³-hybridized carbons (Fsp3) is 0.241. The second kappa shape index (κ2) is 9.04. The van der Waals surface area contributed by atoms with Crippen LogP contribution < -0.4 is 0 Å². The first-order valence-corrected chi connectivity index (χ1v) is 11.8. The Morgan fingerprint density at radius 3 is 2.56 bits per heavy atom. The highest BCUT2D eigenvalue weighted by molar-refractivity contribution is 5.99. The van der Waals surface area contributed by atoms with Crippen LogP contribution in [0.4, 0.5) is 4.39 Å². The highest BCUT2D eigenvalue weighted by Crippen LogP contribution is 2.30. The lowest BCUT2D eigenvalue weighted by Crippen LogP contribution is -2.24. The summed E-state index contributed by atoms with van der Waals surface area (Å²) < 4.78 is 16.7. The van der Waals surface area contributed by atoms with Crippen LogP contribution in [0, 0.1) is 17.1 Å². The normalized spacial score (nSPS) is 13.1. The van der Waals surface area contributed by atoms with E-state index < -0.39 is 11.2 Å². The first-order valence-electron chi connectivity index (χ1n) is 11.8. The molecule has 1 aliphatic heterocycles. The van der Waals surface area contributed by atoms with Gasteiger partial charge in [0, 0.05) is 44.5 Å². The predicted octanol–water partition coefficient (Wildman–Crippen LogP) is 5.17. The molecule has 0 aliphatic carbocycles. The van der Waals surface area contributed by atoms with Gasteiger partial charge in [0.2, 0.25) is 0 Å². The minimum Gasteiger partial charge on any atom is -0.330 e. The smallest absolute Gasteiger partial charge is 0.256 e. The average molecular weight is 480 g/mol. The number of hydrogen-bond acceptors (Lipinski definition) is 4. The summed E-state index contributed by atoms with van der Waals surface area (Å²) in [5.74, 6) is -0.491. The van der Waals surface area contributed by atoms with Crippen molar-refractivity contribution in [2.24, 2.45) is 7.05 Å². The SMILES string of the molecule is Cn1ccc(-c2ccc(CN3Cc4ccnc(Cc5ccc(C(C)(C)C#N)cc5F)c4C3=O)cc2)n1. The number of carbonyl (C=O) groups is 1. The van der Waals surface area contributed by atoms with Crippen molar-refractivity contribution in [1.29, 1.82) is 5.26 Å². The van der Waals surface area contributed by atoms with E-state index in [0.29, 0.717) is 35.5 Å². The molecule has 3 heterocycles. The third-order valence-electron chi connectivity index (χ3n) is 6.73. The number of nitrogens with zero attached hydrogens (tertiary/aromatic N) is 5. The van der Waals surface area contributed by atoms with Gasteiger partial charge < -0.3 is 4.90 Å². The van der Waals surface area contributed by atoms with E-state index in [2.05, 4.69) is 16.2 Å². The van der Waals surface area contributed by atoms with Crippen molar-refractivity contribution >= 4 is 5.91 Å². The van der Waals surface area contributed by atoms with Gasteiger partial charge in [-0.15, -0.1) is 0 Å². The Balaban J connectivity index is 1.34. The Kier molecular flexibility index (Phi) is 5.89. The molecular weight excluding hydrogens is 453 g/mol. The summed E-state index contributed by atoms with van der Waals surface area (Å²) in [4.78, 5) is 19.6. The van der Waals surface area contributed by atoms with E-state index in [4.69, 9.17) is 0 Å². The summed E-state index contributed by atoms with van der Waals surface area (Å²) in [5.41, 5.74) is 5.26. The number of aromatic nitrogens is 3. The van der Waals surface area contributed by atoms with Crippen molar-refractivity contribution in [2.45, 2.75) is 38.8 Å². The number of halogens is 1. The number of aryl methyl sites for hydroxylation is 1.